The van der Waals surface area contributed by atoms with Gasteiger partial charge in [-0.3, -0.25) is 0 Å². The van der Waals surface area contributed by atoms with Crippen LogP contribution in [0.2, 0.25) is 0 Å². The van der Waals surface area contributed by atoms with Crippen molar-refractivity contribution in [3.63, 3.8) is 0 Å². The minimum absolute atomic E-state index is 0.278. The molecule has 0 saturated carbocycles. The molecule has 0 spiro atoms. The molecule has 0 radical (unpaired) electrons. The monoisotopic (exact) mass is 606 g/mol. The highest BCUT2D eigenvalue weighted by Gasteiger charge is 2.39. The zero-order valence-electron chi connectivity index (χ0n) is 24.2. The fourth-order valence-corrected chi connectivity index (χ4v) is 6.80. The largest absolute Gasteiger partial charge is 0.496 e. The summed E-state index contributed by atoms with van der Waals surface area (Å²) >= 11 is 0. The summed E-state index contributed by atoms with van der Waals surface area (Å²) in [6.07, 6.45) is 6.24. The first-order valence-corrected chi connectivity index (χ1v) is 14.9. The summed E-state index contributed by atoms with van der Waals surface area (Å²) in [6, 6.07) is 21.4. The van der Waals surface area contributed by atoms with Crippen LogP contribution < -0.4 is 18.9 Å². The standard InChI is InChI=1S/C34H32F2O6S/c1-39-27-7-5-8-28(40-2)33(27)31(21-15-23-11-17-25(35)18-12-23)43(37,38)32(22-16-24-13-19-26(36)20-14-24)34-29(41-3)9-6-10-30(34)42-4/h5-22,31-32H,1-4H3/b21-15+,22-16+. The summed E-state index contributed by atoms with van der Waals surface area (Å²) in [5.74, 6) is 0.355. The van der Waals surface area contributed by atoms with E-state index in [1.807, 2.05) is 0 Å². The van der Waals surface area contributed by atoms with Crippen LogP contribution in [0.1, 0.15) is 32.8 Å². The Morgan fingerprint density at radius 3 is 1.12 bits per heavy atom. The fraction of sp³-hybridized carbons (Fsp3) is 0.176. The minimum atomic E-state index is -4.30. The Hall–Kier alpha value is -4.63. The summed E-state index contributed by atoms with van der Waals surface area (Å²) < 4.78 is 79.7. The van der Waals surface area contributed by atoms with Crippen molar-refractivity contribution in [2.45, 2.75) is 10.5 Å². The van der Waals surface area contributed by atoms with Crippen molar-refractivity contribution in [1.82, 2.24) is 0 Å². The zero-order chi connectivity index (χ0) is 31.0. The van der Waals surface area contributed by atoms with E-state index in [2.05, 4.69) is 0 Å². The van der Waals surface area contributed by atoms with Gasteiger partial charge in [-0.05, 0) is 59.7 Å². The number of hydrogen-bond donors (Lipinski definition) is 0. The molecule has 0 aliphatic rings. The van der Waals surface area contributed by atoms with Gasteiger partial charge >= 0.3 is 0 Å². The molecule has 0 bridgehead atoms. The average Bonchev–Trinajstić information content (AvgIpc) is 3.02. The normalized spacial score (nSPS) is 13.2. The summed E-state index contributed by atoms with van der Waals surface area (Å²) in [4.78, 5) is 0. The molecule has 0 amide bonds. The van der Waals surface area contributed by atoms with Crippen LogP contribution >= 0.6 is 0 Å². The van der Waals surface area contributed by atoms with Crippen molar-refractivity contribution in [2.24, 2.45) is 0 Å². The van der Waals surface area contributed by atoms with Gasteiger partial charge in [-0.25, -0.2) is 17.2 Å². The SMILES string of the molecule is COc1cccc(OC)c1C(/C=C/c1ccc(F)cc1)S(=O)(=O)C(/C=C/c1ccc(F)cc1)c1c(OC)cccc1OC. The Labute approximate surface area is 250 Å². The summed E-state index contributed by atoms with van der Waals surface area (Å²) in [6.45, 7) is 0. The Bertz CT molecular complexity index is 1530. The van der Waals surface area contributed by atoms with Crippen LogP contribution in [0, 0.1) is 11.6 Å². The van der Waals surface area contributed by atoms with Crippen LogP contribution in [-0.4, -0.2) is 36.9 Å². The molecule has 0 aliphatic heterocycles. The molecular weight excluding hydrogens is 574 g/mol. The molecular formula is C34H32F2O6S. The molecule has 9 heteroatoms. The van der Waals surface area contributed by atoms with Gasteiger partial charge in [0, 0.05) is 0 Å². The summed E-state index contributed by atoms with van der Waals surface area (Å²) in [5.41, 5.74) is 1.73. The first-order valence-electron chi connectivity index (χ1n) is 13.3. The number of hydrogen-bond acceptors (Lipinski definition) is 6. The number of ether oxygens (including phenoxy) is 4. The van der Waals surface area contributed by atoms with Crippen molar-refractivity contribution >= 4 is 22.0 Å². The number of methoxy groups -OCH3 is 4. The van der Waals surface area contributed by atoms with E-state index in [0.29, 0.717) is 34.1 Å². The van der Waals surface area contributed by atoms with E-state index in [0.717, 1.165) is 0 Å². The molecule has 0 aliphatic carbocycles. The van der Waals surface area contributed by atoms with Gasteiger partial charge in [0.15, 0.2) is 9.84 Å². The molecule has 0 N–H and O–H groups in total. The van der Waals surface area contributed by atoms with E-state index in [1.165, 1.54) is 64.9 Å². The molecule has 0 heterocycles. The quantitative estimate of drug-likeness (QED) is 0.165. The van der Waals surface area contributed by atoms with Gasteiger partial charge in [0.2, 0.25) is 0 Å². The molecule has 2 unspecified atom stereocenters. The highest BCUT2D eigenvalue weighted by Crippen LogP contribution is 2.48. The molecule has 0 aromatic heterocycles. The Kier molecular flexibility index (Phi) is 10.2. The Morgan fingerprint density at radius 2 is 0.837 bits per heavy atom. The lowest BCUT2D eigenvalue weighted by atomic mass is 10.1. The molecule has 0 saturated heterocycles. The topological polar surface area (TPSA) is 71.1 Å². The van der Waals surface area contributed by atoms with Gasteiger partial charge in [-0.1, -0.05) is 60.7 Å². The van der Waals surface area contributed by atoms with Gasteiger partial charge in [-0.2, -0.15) is 0 Å². The Balaban J connectivity index is 2.00. The van der Waals surface area contributed by atoms with Crippen LogP contribution in [0.3, 0.4) is 0 Å². The molecule has 4 aromatic rings. The van der Waals surface area contributed by atoms with Crippen molar-refractivity contribution in [2.75, 3.05) is 28.4 Å². The maximum atomic E-state index is 15.0. The van der Waals surface area contributed by atoms with Gasteiger partial charge in [0.05, 0.1) is 39.6 Å². The third kappa shape index (κ3) is 7.06. The molecule has 2 atom stereocenters. The number of sulfone groups is 1. The second-order valence-electron chi connectivity index (χ2n) is 9.40. The lowest BCUT2D eigenvalue weighted by Crippen LogP contribution is -2.21. The van der Waals surface area contributed by atoms with Gasteiger partial charge in [-0.15, -0.1) is 0 Å². The highest BCUT2D eigenvalue weighted by atomic mass is 32.2. The van der Waals surface area contributed by atoms with Crippen LogP contribution in [0.25, 0.3) is 12.2 Å². The maximum Gasteiger partial charge on any atom is 0.172 e. The van der Waals surface area contributed by atoms with Crippen LogP contribution in [0.15, 0.2) is 97.1 Å². The van der Waals surface area contributed by atoms with E-state index in [1.54, 1.807) is 72.8 Å². The second-order valence-corrected chi connectivity index (χ2v) is 11.6. The lowest BCUT2D eigenvalue weighted by molar-refractivity contribution is 0.384. The molecule has 43 heavy (non-hydrogen) atoms. The predicted molar refractivity (Wildman–Crippen MR) is 164 cm³/mol. The van der Waals surface area contributed by atoms with Crippen molar-refractivity contribution in [1.29, 1.82) is 0 Å². The first-order chi connectivity index (χ1) is 20.7. The van der Waals surface area contributed by atoms with Crippen LogP contribution in [0.4, 0.5) is 8.78 Å². The van der Waals surface area contributed by atoms with Gasteiger partial charge in [0.25, 0.3) is 0 Å². The highest BCUT2D eigenvalue weighted by molar-refractivity contribution is 7.92. The van der Waals surface area contributed by atoms with Crippen molar-refractivity contribution < 1.29 is 36.1 Å². The third-order valence-electron chi connectivity index (χ3n) is 6.88. The van der Waals surface area contributed by atoms with E-state index >= 15 is 8.42 Å². The second kappa shape index (κ2) is 14.0. The fourth-order valence-electron chi connectivity index (χ4n) is 4.76. The predicted octanol–water partition coefficient (Wildman–Crippen LogP) is 7.62. The zero-order valence-corrected chi connectivity index (χ0v) is 25.0. The first kappa shape index (κ1) is 31.3. The van der Waals surface area contributed by atoms with E-state index in [-0.39, 0.29) is 11.1 Å². The average molecular weight is 607 g/mol. The number of benzene rings is 4. The van der Waals surface area contributed by atoms with E-state index in [4.69, 9.17) is 18.9 Å². The van der Waals surface area contributed by atoms with Crippen molar-refractivity contribution in [3.05, 3.63) is 131 Å². The van der Waals surface area contributed by atoms with E-state index < -0.39 is 32.0 Å². The van der Waals surface area contributed by atoms with E-state index in [9.17, 15) is 8.78 Å². The summed E-state index contributed by atoms with van der Waals surface area (Å²) in [7, 11) is 1.48. The molecule has 0 fully saturated rings. The number of rotatable bonds is 12. The molecule has 6 nitrogen and oxygen atoms in total. The molecule has 4 aromatic carbocycles. The van der Waals surface area contributed by atoms with Crippen LogP contribution in [0.5, 0.6) is 23.0 Å². The lowest BCUT2D eigenvalue weighted by Gasteiger charge is -2.26. The third-order valence-corrected chi connectivity index (χ3v) is 9.08. The van der Waals surface area contributed by atoms with Gasteiger partial charge < -0.3 is 18.9 Å². The summed E-state index contributed by atoms with van der Waals surface area (Å²) in [5, 5.41) is -2.64. The maximum absolute atomic E-state index is 15.0. The Morgan fingerprint density at radius 1 is 0.535 bits per heavy atom. The van der Waals surface area contributed by atoms with Gasteiger partial charge in [0.1, 0.15) is 45.1 Å². The van der Waals surface area contributed by atoms with Crippen LogP contribution in [-0.2, 0) is 9.84 Å². The molecule has 224 valence electrons. The van der Waals surface area contributed by atoms with Crippen molar-refractivity contribution in [3.8, 4) is 23.0 Å². The number of halogens is 2. The molecule has 4 rings (SSSR count). The minimum Gasteiger partial charge on any atom is -0.496 e. The smallest absolute Gasteiger partial charge is 0.172 e.